The summed E-state index contributed by atoms with van der Waals surface area (Å²) in [5, 5.41) is 1.08. The van der Waals surface area contributed by atoms with Crippen LogP contribution in [-0.2, 0) is 0 Å². The second-order valence-electron chi connectivity index (χ2n) is 4.83. The maximum absolute atomic E-state index is 6.12. The van der Waals surface area contributed by atoms with E-state index in [4.69, 9.17) is 5.73 Å². The van der Waals surface area contributed by atoms with Crippen molar-refractivity contribution in [2.45, 2.75) is 26.8 Å². The van der Waals surface area contributed by atoms with Gasteiger partial charge in [0.2, 0.25) is 5.95 Å². The summed E-state index contributed by atoms with van der Waals surface area (Å²) < 4.78 is 3.08. The topological polar surface area (TPSA) is 56.7 Å². The van der Waals surface area contributed by atoms with Crippen LogP contribution < -0.4 is 5.73 Å². The summed E-state index contributed by atoms with van der Waals surface area (Å²) in [4.78, 5) is 10.2. The largest absolute Gasteiger partial charge is 0.369 e. The fourth-order valence-electron chi connectivity index (χ4n) is 2.55. The molecule has 0 aliphatic carbocycles. The molecule has 4 nitrogen and oxygen atoms in total. The zero-order chi connectivity index (χ0) is 14.4. The summed E-state index contributed by atoms with van der Waals surface area (Å²) >= 11 is 5.18. The third-order valence-corrected chi connectivity index (χ3v) is 5.12. The number of nitrogen functional groups attached to an aromatic ring is 1. The number of fused-ring (bicyclic) bond motifs is 1. The standard InChI is InChI=1S/C14H15BrN4S/c1-7-13(20-9(3)17-7)8(2)19-12-5-4-10(15)6-11(12)18-14(19)16/h4-6,8H,1-3H3,(H2,16,18). The lowest BCUT2D eigenvalue weighted by atomic mass is 10.2. The molecule has 0 radical (unpaired) electrons. The van der Waals surface area contributed by atoms with Crippen molar-refractivity contribution in [3.63, 3.8) is 0 Å². The molecule has 0 saturated heterocycles. The first-order chi connectivity index (χ1) is 9.47. The summed E-state index contributed by atoms with van der Waals surface area (Å²) in [5.74, 6) is 0.538. The maximum atomic E-state index is 6.12. The van der Waals surface area contributed by atoms with Gasteiger partial charge in [-0.3, -0.25) is 0 Å². The summed E-state index contributed by atoms with van der Waals surface area (Å²) in [6.07, 6.45) is 0. The van der Waals surface area contributed by atoms with Crippen LogP contribution in [0.5, 0.6) is 0 Å². The van der Waals surface area contributed by atoms with Crippen LogP contribution in [0.25, 0.3) is 11.0 Å². The molecule has 0 amide bonds. The quantitative estimate of drug-likeness (QED) is 0.757. The normalized spacial score (nSPS) is 13.0. The van der Waals surface area contributed by atoms with Gasteiger partial charge in [-0.2, -0.15) is 0 Å². The van der Waals surface area contributed by atoms with Crippen molar-refractivity contribution in [3.05, 3.63) is 38.3 Å². The Kier molecular flexibility index (Phi) is 3.30. The molecule has 0 aliphatic heterocycles. The molecule has 0 bridgehead atoms. The van der Waals surface area contributed by atoms with E-state index in [-0.39, 0.29) is 6.04 Å². The average molecular weight is 351 g/mol. The van der Waals surface area contributed by atoms with Crippen LogP contribution in [-0.4, -0.2) is 14.5 Å². The smallest absolute Gasteiger partial charge is 0.201 e. The lowest BCUT2D eigenvalue weighted by Crippen LogP contribution is -2.09. The molecule has 1 unspecified atom stereocenters. The minimum absolute atomic E-state index is 0.132. The first kappa shape index (κ1) is 13.6. The van der Waals surface area contributed by atoms with Gasteiger partial charge in [-0.25, -0.2) is 9.97 Å². The molecule has 20 heavy (non-hydrogen) atoms. The van der Waals surface area contributed by atoms with Gasteiger partial charge in [0.15, 0.2) is 0 Å². The Bertz CT molecular complexity index is 790. The lowest BCUT2D eigenvalue weighted by molar-refractivity contribution is 0.674. The number of benzene rings is 1. The molecule has 0 saturated carbocycles. The first-order valence-corrected chi connectivity index (χ1v) is 7.95. The number of halogens is 1. The number of anilines is 1. The predicted octanol–water partition coefficient (Wildman–Crippen LogP) is 4.06. The van der Waals surface area contributed by atoms with E-state index < -0.39 is 0 Å². The van der Waals surface area contributed by atoms with Gasteiger partial charge in [0.25, 0.3) is 0 Å². The summed E-state index contributed by atoms with van der Waals surface area (Å²) in [6, 6.07) is 6.17. The van der Waals surface area contributed by atoms with Crippen molar-refractivity contribution in [2.75, 3.05) is 5.73 Å². The molecule has 104 valence electrons. The summed E-state index contributed by atoms with van der Waals surface area (Å²) in [5.41, 5.74) is 9.14. The van der Waals surface area contributed by atoms with Gasteiger partial charge >= 0.3 is 0 Å². The second-order valence-corrected chi connectivity index (χ2v) is 6.98. The van der Waals surface area contributed by atoms with E-state index in [1.165, 1.54) is 4.88 Å². The van der Waals surface area contributed by atoms with Crippen LogP contribution in [0.15, 0.2) is 22.7 Å². The molecular weight excluding hydrogens is 336 g/mol. The Labute approximate surface area is 129 Å². The maximum Gasteiger partial charge on any atom is 0.201 e. The van der Waals surface area contributed by atoms with E-state index in [2.05, 4.69) is 37.4 Å². The Morgan fingerprint density at radius 2 is 2.05 bits per heavy atom. The van der Waals surface area contributed by atoms with E-state index in [0.29, 0.717) is 5.95 Å². The molecule has 3 rings (SSSR count). The predicted molar refractivity (Wildman–Crippen MR) is 87.2 cm³/mol. The number of aromatic nitrogens is 3. The number of nitrogens with two attached hydrogens (primary N) is 1. The number of aryl methyl sites for hydroxylation is 2. The van der Waals surface area contributed by atoms with Crippen LogP contribution in [0.4, 0.5) is 5.95 Å². The van der Waals surface area contributed by atoms with Crippen LogP contribution >= 0.6 is 27.3 Å². The zero-order valence-electron chi connectivity index (χ0n) is 11.5. The van der Waals surface area contributed by atoms with E-state index >= 15 is 0 Å². The summed E-state index contributed by atoms with van der Waals surface area (Å²) in [6.45, 7) is 6.21. The van der Waals surface area contributed by atoms with E-state index in [1.54, 1.807) is 11.3 Å². The zero-order valence-corrected chi connectivity index (χ0v) is 13.9. The van der Waals surface area contributed by atoms with Crippen LogP contribution in [0.2, 0.25) is 0 Å². The van der Waals surface area contributed by atoms with Crippen molar-refractivity contribution in [2.24, 2.45) is 0 Å². The van der Waals surface area contributed by atoms with E-state index in [9.17, 15) is 0 Å². The van der Waals surface area contributed by atoms with E-state index in [1.807, 2.05) is 32.0 Å². The third-order valence-electron chi connectivity index (χ3n) is 3.38. The van der Waals surface area contributed by atoms with Gasteiger partial charge in [-0.15, -0.1) is 11.3 Å². The van der Waals surface area contributed by atoms with Crippen LogP contribution in [0.1, 0.15) is 28.5 Å². The van der Waals surface area contributed by atoms with Gasteiger partial charge in [0.1, 0.15) is 0 Å². The number of rotatable bonds is 2. The van der Waals surface area contributed by atoms with Gasteiger partial charge in [-0.1, -0.05) is 15.9 Å². The highest BCUT2D eigenvalue weighted by atomic mass is 79.9. The third kappa shape index (κ3) is 2.13. The highest BCUT2D eigenvalue weighted by Gasteiger charge is 2.19. The number of hydrogen-bond donors (Lipinski definition) is 1. The SMILES string of the molecule is Cc1nc(C)c(C(C)n2c(N)nc3cc(Br)ccc32)s1. The molecule has 0 fully saturated rings. The average Bonchev–Trinajstić information content (AvgIpc) is 2.87. The minimum atomic E-state index is 0.132. The Balaban J connectivity index is 2.18. The molecule has 1 aromatic carbocycles. The van der Waals surface area contributed by atoms with Crippen molar-refractivity contribution in [1.82, 2.24) is 14.5 Å². The van der Waals surface area contributed by atoms with Crippen molar-refractivity contribution < 1.29 is 0 Å². The molecule has 0 aliphatic rings. The van der Waals surface area contributed by atoms with Crippen LogP contribution in [0, 0.1) is 13.8 Å². The fraction of sp³-hybridized carbons (Fsp3) is 0.286. The van der Waals surface area contributed by atoms with Crippen molar-refractivity contribution in [3.8, 4) is 0 Å². The summed E-state index contributed by atoms with van der Waals surface area (Å²) in [7, 11) is 0. The number of thiazole rings is 1. The van der Waals surface area contributed by atoms with Gasteiger partial charge < -0.3 is 10.3 Å². The number of imidazole rings is 1. The van der Waals surface area contributed by atoms with Crippen molar-refractivity contribution in [1.29, 1.82) is 0 Å². The highest BCUT2D eigenvalue weighted by Crippen LogP contribution is 2.33. The molecule has 2 aromatic heterocycles. The molecule has 6 heteroatoms. The Morgan fingerprint density at radius 1 is 1.30 bits per heavy atom. The second kappa shape index (κ2) is 4.86. The Hall–Kier alpha value is -1.40. The molecule has 2 heterocycles. The van der Waals surface area contributed by atoms with Gasteiger partial charge in [0, 0.05) is 4.47 Å². The molecular formula is C14H15BrN4S. The number of nitrogens with zero attached hydrogens (tertiary/aromatic N) is 3. The molecule has 2 N–H and O–H groups in total. The van der Waals surface area contributed by atoms with Gasteiger partial charge in [0.05, 0.1) is 32.7 Å². The molecule has 0 spiro atoms. The minimum Gasteiger partial charge on any atom is -0.369 e. The van der Waals surface area contributed by atoms with Gasteiger partial charge in [-0.05, 0) is 39.0 Å². The monoisotopic (exact) mass is 350 g/mol. The lowest BCUT2D eigenvalue weighted by Gasteiger charge is -2.15. The molecule has 1 atom stereocenters. The number of hydrogen-bond acceptors (Lipinski definition) is 4. The fourth-order valence-corrected chi connectivity index (χ4v) is 3.87. The van der Waals surface area contributed by atoms with E-state index in [0.717, 1.165) is 26.2 Å². The Morgan fingerprint density at radius 3 is 2.70 bits per heavy atom. The van der Waals surface area contributed by atoms with Crippen molar-refractivity contribution >= 4 is 44.2 Å². The van der Waals surface area contributed by atoms with Crippen LogP contribution in [0.3, 0.4) is 0 Å². The first-order valence-electron chi connectivity index (χ1n) is 6.34. The highest BCUT2D eigenvalue weighted by molar-refractivity contribution is 9.10. The molecule has 3 aromatic rings.